The van der Waals surface area contributed by atoms with Crippen LogP contribution in [0.3, 0.4) is 0 Å². The standard InChI is InChI=1S/C18H19NS/c1-18(2,3)14-8-10-15(11-9-14)19-17-16-7-5-4-6-13(16)12-20-17/h4-12,19H,1-3H3. The summed E-state index contributed by atoms with van der Waals surface area (Å²) >= 11 is 1.76. The van der Waals surface area contributed by atoms with Crippen LogP contribution < -0.4 is 5.32 Å². The van der Waals surface area contributed by atoms with Crippen molar-refractivity contribution >= 4 is 32.8 Å². The van der Waals surface area contributed by atoms with Crippen molar-refractivity contribution in [2.75, 3.05) is 5.32 Å². The molecule has 102 valence electrons. The van der Waals surface area contributed by atoms with E-state index in [4.69, 9.17) is 0 Å². The molecule has 0 bridgehead atoms. The summed E-state index contributed by atoms with van der Waals surface area (Å²) in [5.74, 6) is 0. The Hall–Kier alpha value is -1.80. The topological polar surface area (TPSA) is 12.0 Å². The van der Waals surface area contributed by atoms with Crippen LogP contribution >= 0.6 is 11.3 Å². The minimum Gasteiger partial charge on any atom is -0.347 e. The van der Waals surface area contributed by atoms with Gasteiger partial charge in [-0.2, -0.15) is 0 Å². The second kappa shape index (κ2) is 4.95. The van der Waals surface area contributed by atoms with Crippen molar-refractivity contribution in [2.24, 2.45) is 0 Å². The number of nitrogens with one attached hydrogen (secondary N) is 1. The van der Waals surface area contributed by atoms with Crippen LogP contribution in [0.2, 0.25) is 0 Å². The summed E-state index contributed by atoms with van der Waals surface area (Å²) in [6.45, 7) is 6.71. The van der Waals surface area contributed by atoms with Crippen LogP contribution in [-0.4, -0.2) is 0 Å². The van der Waals surface area contributed by atoms with Gasteiger partial charge in [-0.05, 0) is 28.5 Å². The summed E-state index contributed by atoms with van der Waals surface area (Å²) in [5.41, 5.74) is 2.71. The van der Waals surface area contributed by atoms with Crippen LogP contribution in [0.25, 0.3) is 10.8 Å². The first kappa shape index (κ1) is 13.2. The first-order chi connectivity index (χ1) is 9.54. The van der Waals surface area contributed by atoms with E-state index in [0.29, 0.717) is 0 Å². The minimum absolute atomic E-state index is 0.203. The Balaban J connectivity index is 1.88. The van der Waals surface area contributed by atoms with Crippen LogP contribution in [0.5, 0.6) is 0 Å². The van der Waals surface area contributed by atoms with Gasteiger partial charge in [0, 0.05) is 16.5 Å². The van der Waals surface area contributed by atoms with Crippen molar-refractivity contribution in [1.82, 2.24) is 0 Å². The average Bonchev–Trinajstić information content (AvgIpc) is 2.82. The molecule has 0 radical (unpaired) electrons. The maximum absolute atomic E-state index is 3.52. The van der Waals surface area contributed by atoms with Crippen molar-refractivity contribution in [1.29, 1.82) is 0 Å². The summed E-state index contributed by atoms with van der Waals surface area (Å²) in [7, 11) is 0. The molecule has 0 aliphatic heterocycles. The third-order valence-corrected chi connectivity index (χ3v) is 4.45. The van der Waals surface area contributed by atoms with E-state index in [1.165, 1.54) is 21.3 Å². The smallest absolute Gasteiger partial charge is 0.101 e. The molecule has 0 saturated heterocycles. The zero-order valence-electron chi connectivity index (χ0n) is 12.1. The highest BCUT2D eigenvalue weighted by atomic mass is 32.1. The molecule has 2 aromatic carbocycles. The predicted octanol–water partition coefficient (Wildman–Crippen LogP) is 5.94. The molecule has 0 saturated carbocycles. The number of benzene rings is 2. The Kier molecular flexibility index (Phi) is 3.27. The monoisotopic (exact) mass is 281 g/mol. The predicted molar refractivity (Wildman–Crippen MR) is 90.2 cm³/mol. The average molecular weight is 281 g/mol. The van der Waals surface area contributed by atoms with E-state index < -0.39 is 0 Å². The molecule has 3 rings (SSSR count). The Morgan fingerprint density at radius 3 is 2.30 bits per heavy atom. The molecule has 1 N–H and O–H groups in total. The van der Waals surface area contributed by atoms with E-state index in [0.717, 1.165) is 5.69 Å². The third kappa shape index (κ3) is 2.56. The van der Waals surface area contributed by atoms with Gasteiger partial charge < -0.3 is 5.32 Å². The van der Waals surface area contributed by atoms with Gasteiger partial charge >= 0.3 is 0 Å². The first-order valence-corrected chi connectivity index (χ1v) is 7.76. The summed E-state index contributed by atoms with van der Waals surface area (Å²) in [6, 6.07) is 17.2. The zero-order valence-corrected chi connectivity index (χ0v) is 12.9. The van der Waals surface area contributed by atoms with Crippen molar-refractivity contribution < 1.29 is 0 Å². The lowest BCUT2D eigenvalue weighted by atomic mass is 9.87. The molecule has 0 unspecified atom stereocenters. The number of hydrogen-bond acceptors (Lipinski definition) is 2. The molecule has 20 heavy (non-hydrogen) atoms. The van der Waals surface area contributed by atoms with E-state index in [1.54, 1.807) is 11.3 Å². The number of hydrogen-bond donors (Lipinski definition) is 1. The third-order valence-electron chi connectivity index (χ3n) is 3.52. The summed E-state index contributed by atoms with van der Waals surface area (Å²) in [6.07, 6.45) is 0. The largest absolute Gasteiger partial charge is 0.347 e. The van der Waals surface area contributed by atoms with Crippen molar-refractivity contribution in [3.8, 4) is 0 Å². The quantitative estimate of drug-likeness (QED) is 0.612. The van der Waals surface area contributed by atoms with Crippen LogP contribution in [0.1, 0.15) is 26.3 Å². The van der Waals surface area contributed by atoms with Gasteiger partial charge in [0.1, 0.15) is 5.00 Å². The summed E-state index contributed by atoms with van der Waals surface area (Å²) in [4.78, 5) is 0. The van der Waals surface area contributed by atoms with Crippen LogP contribution in [0.15, 0.2) is 53.9 Å². The fourth-order valence-corrected chi connectivity index (χ4v) is 3.21. The van der Waals surface area contributed by atoms with E-state index in [-0.39, 0.29) is 5.41 Å². The lowest BCUT2D eigenvalue weighted by Gasteiger charge is -2.19. The molecule has 1 nitrogen and oxygen atoms in total. The molecule has 0 aliphatic carbocycles. The number of fused-ring (bicyclic) bond motifs is 1. The highest BCUT2D eigenvalue weighted by molar-refractivity contribution is 7.16. The van der Waals surface area contributed by atoms with Gasteiger partial charge in [-0.25, -0.2) is 0 Å². The SMILES string of the molecule is CC(C)(C)c1ccc(Nc2scc3ccccc23)cc1. The van der Waals surface area contributed by atoms with Gasteiger partial charge in [0.15, 0.2) is 0 Å². The highest BCUT2D eigenvalue weighted by Crippen LogP contribution is 2.33. The van der Waals surface area contributed by atoms with E-state index in [2.05, 4.69) is 80.0 Å². The molecule has 1 heterocycles. The fourth-order valence-electron chi connectivity index (χ4n) is 2.27. The van der Waals surface area contributed by atoms with Gasteiger partial charge in [-0.1, -0.05) is 57.2 Å². The Morgan fingerprint density at radius 1 is 0.900 bits per heavy atom. The van der Waals surface area contributed by atoms with E-state index >= 15 is 0 Å². The number of anilines is 2. The maximum Gasteiger partial charge on any atom is 0.101 e. The van der Waals surface area contributed by atoms with Gasteiger partial charge in [-0.3, -0.25) is 0 Å². The number of rotatable bonds is 2. The summed E-state index contributed by atoms with van der Waals surface area (Å²) in [5, 5.41) is 9.52. The maximum atomic E-state index is 3.52. The molecular formula is C18H19NS. The lowest BCUT2D eigenvalue weighted by molar-refractivity contribution is 0.590. The van der Waals surface area contributed by atoms with Crippen molar-refractivity contribution in [3.63, 3.8) is 0 Å². The fraction of sp³-hybridized carbons (Fsp3) is 0.222. The van der Waals surface area contributed by atoms with Gasteiger partial charge in [-0.15, -0.1) is 11.3 Å². The van der Waals surface area contributed by atoms with Gasteiger partial charge in [0.05, 0.1) is 0 Å². The second-order valence-electron chi connectivity index (χ2n) is 6.10. The molecule has 0 amide bonds. The molecule has 1 aromatic heterocycles. The van der Waals surface area contributed by atoms with E-state index in [1.807, 2.05) is 0 Å². The zero-order chi connectivity index (χ0) is 14.2. The van der Waals surface area contributed by atoms with Crippen LogP contribution in [0.4, 0.5) is 10.7 Å². The molecule has 0 spiro atoms. The highest BCUT2D eigenvalue weighted by Gasteiger charge is 2.13. The van der Waals surface area contributed by atoms with Crippen molar-refractivity contribution in [2.45, 2.75) is 26.2 Å². The minimum atomic E-state index is 0.203. The normalized spacial score (nSPS) is 11.8. The molecule has 3 aromatic rings. The first-order valence-electron chi connectivity index (χ1n) is 6.88. The Labute approximate surface area is 124 Å². The Bertz CT molecular complexity index is 717. The Morgan fingerprint density at radius 2 is 1.60 bits per heavy atom. The second-order valence-corrected chi connectivity index (χ2v) is 6.98. The molecule has 0 fully saturated rings. The number of thiophene rings is 1. The van der Waals surface area contributed by atoms with Gasteiger partial charge in [0.2, 0.25) is 0 Å². The molecule has 0 atom stereocenters. The van der Waals surface area contributed by atoms with E-state index in [9.17, 15) is 0 Å². The lowest BCUT2D eigenvalue weighted by Crippen LogP contribution is -2.10. The van der Waals surface area contributed by atoms with Crippen molar-refractivity contribution in [3.05, 3.63) is 59.5 Å². The molecule has 0 aliphatic rings. The van der Waals surface area contributed by atoms with Gasteiger partial charge in [0.25, 0.3) is 0 Å². The van der Waals surface area contributed by atoms with Crippen LogP contribution in [0, 0.1) is 0 Å². The molecular weight excluding hydrogens is 262 g/mol. The van der Waals surface area contributed by atoms with Crippen LogP contribution in [-0.2, 0) is 5.41 Å². The molecule has 2 heteroatoms. The summed E-state index contributed by atoms with van der Waals surface area (Å²) < 4.78 is 0.